The normalized spacial score (nSPS) is 11.2. The van der Waals surface area contributed by atoms with Gasteiger partial charge in [0.25, 0.3) is 11.8 Å². The van der Waals surface area contributed by atoms with E-state index in [0.717, 1.165) is 0 Å². The molecule has 2 aromatic heterocycles. The molecule has 6 nitrogen and oxygen atoms in total. The summed E-state index contributed by atoms with van der Waals surface area (Å²) in [5.74, 6) is 0.0145. The first-order valence-corrected chi connectivity index (χ1v) is 7.46. The van der Waals surface area contributed by atoms with E-state index in [1.165, 1.54) is 0 Å². The van der Waals surface area contributed by atoms with Crippen LogP contribution in [0, 0.1) is 5.92 Å². The Balaban J connectivity index is 2.39. The maximum atomic E-state index is 12.3. The van der Waals surface area contributed by atoms with Gasteiger partial charge in [-0.3, -0.25) is 14.0 Å². The number of carbonyl (C=O) groups excluding carboxylic acids is 2. The topological polar surface area (TPSA) is 75.5 Å². The highest BCUT2D eigenvalue weighted by Crippen LogP contribution is 2.13. The number of fused-ring (bicyclic) bond motifs is 1. The van der Waals surface area contributed by atoms with Crippen molar-refractivity contribution in [2.45, 2.75) is 33.7 Å². The lowest BCUT2D eigenvalue weighted by molar-refractivity contribution is 0.0932. The number of imidazole rings is 1. The minimum absolute atomic E-state index is 0.00165. The molecule has 0 saturated carbocycles. The zero-order valence-electron chi connectivity index (χ0n) is 13.4. The Morgan fingerprint density at radius 3 is 2.55 bits per heavy atom. The van der Waals surface area contributed by atoms with E-state index in [-0.39, 0.29) is 29.4 Å². The zero-order chi connectivity index (χ0) is 16.3. The third kappa shape index (κ3) is 3.44. The standard InChI is InChI=1S/C16H22N4O2/c1-10(2)9-17-15(21)13-12-7-5-6-8-20(12)14(19-13)16(22)18-11(3)4/h5-8,10-11H,9H2,1-4H3,(H,17,21)(H,18,22). The first kappa shape index (κ1) is 16.0. The molecule has 0 bridgehead atoms. The summed E-state index contributed by atoms with van der Waals surface area (Å²) in [7, 11) is 0. The molecule has 0 unspecified atom stereocenters. The van der Waals surface area contributed by atoms with Crippen molar-refractivity contribution in [2.24, 2.45) is 5.92 Å². The minimum atomic E-state index is -0.292. The number of hydrogen-bond donors (Lipinski definition) is 2. The Hall–Kier alpha value is -2.37. The van der Waals surface area contributed by atoms with Crippen LogP contribution >= 0.6 is 0 Å². The summed E-state index contributed by atoms with van der Waals surface area (Å²) in [6.07, 6.45) is 1.73. The second-order valence-corrected chi connectivity index (χ2v) is 5.97. The number of rotatable bonds is 5. The van der Waals surface area contributed by atoms with Crippen LogP contribution in [-0.4, -0.2) is 33.8 Å². The predicted molar refractivity (Wildman–Crippen MR) is 85.0 cm³/mol. The highest BCUT2D eigenvalue weighted by Gasteiger charge is 2.21. The van der Waals surface area contributed by atoms with Gasteiger partial charge in [-0.1, -0.05) is 19.9 Å². The number of nitrogens with one attached hydrogen (secondary N) is 2. The van der Waals surface area contributed by atoms with Gasteiger partial charge in [0, 0.05) is 18.8 Å². The molecule has 2 heterocycles. The van der Waals surface area contributed by atoms with Gasteiger partial charge in [-0.25, -0.2) is 4.98 Å². The molecule has 0 atom stereocenters. The monoisotopic (exact) mass is 302 g/mol. The lowest BCUT2D eigenvalue weighted by atomic mass is 10.2. The lowest BCUT2D eigenvalue weighted by Crippen LogP contribution is -2.31. The molecule has 0 radical (unpaired) electrons. The lowest BCUT2D eigenvalue weighted by Gasteiger charge is -2.06. The summed E-state index contributed by atoms with van der Waals surface area (Å²) in [5.41, 5.74) is 0.896. The van der Waals surface area contributed by atoms with Gasteiger partial charge in [-0.2, -0.15) is 0 Å². The molecule has 118 valence electrons. The van der Waals surface area contributed by atoms with Crippen LogP contribution in [0.4, 0.5) is 0 Å². The van der Waals surface area contributed by atoms with E-state index in [4.69, 9.17) is 0 Å². The summed E-state index contributed by atoms with van der Waals surface area (Å²) in [6, 6.07) is 5.40. The molecule has 22 heavy (non-hydrogen) atoms. The summed E-state index contributed by atoms with van der Waals surface area (Å²) >= 11 is 0. The number of pyridine rings is 1. The molecule has 0 spiro atoms. The Bertz CT molecular complexity index is 689. The molecule has 0 aliphatic heterocycles. The third-order valence-corrected chi connectivity index (χ3v) is 3.06. The summed E-state index contributed by atoms with van der Waals surface area (Å²) in [6.45, 7) is 8.37. The molecular formula is C16H22N4O2. The maximum Gasteiger partial charge on any atom is 0.287 e. The predicted octanol–water partition coefficient (Wildman–Crippen LogP) is 1.86. The molecule has 2 aromatic rings. The SMILES string of the molecule is CC(C)CNC(=O)c1nc(C(=O)NC(C)C)n2ccccc12. The fourth-order valence-corrected chi connectivity index (χ4v) is 2.07. The van der Waals surface area contributed by atoms with Gasteiger partial charge in [0.15, 0.2) is 5.69 Å². The Morgan fingerprint density at radius 2 is 1.91 bits per heavy atom. The number of hydrogen-bond acceptors (Lipinski definition) is 3. The Labute approximate surface area is 129 Å². The highest BCUT2D eigenvalue weighted by molar-refractivity contribution is 6.02. The van der Waals surface area contributed by atoms with Gasteiger partial charge in [-0.05, 0) is 31.9 Å². The first-order valence-electron chi connectivity index (χ1n) is 7.46. The maximum absolute atomic E-state index is 12.3. The van der Waals surface area contributed by atoms with Crippen LogP contribution in [0.15, 0.2) is 24.4 Å². The average Bonchev–Trinajstić information content (AvgIpc) is 2.83. The van der Waals surface area contributed by atoms with Gasteiger partial charge in [0.05, 0.1) is 5.52 Å². The van der Waals surface area contributed by atoms with E-state index in [2.05, 4.69) is 15.6 Å². The fourth-order valence-electron chi connectivity index (χ4n) is 2.07. The molecule has 2 rings (SSSR count). The van der Waals surface area contributed by atoms with Crippen LogP contribution in [0.1, 0.15) is 48.8 Å². The van der Waals surface area contributed by atoms with Gasteiger partial charge < -0.3 is 10.6 Å². The van der Waals surface area contributed by atoms with E-state index in [1.54, 1.807) is 22.7 Å². The van der Waals surface area contributed by atoms with Crippen molar-refractivity contribution < 1.29 is 9.59 Å². The first-order chi connectivity index (χ1) is 10.4. The number of nitrogens with zero attached hydrogens (tertiary/aromatic N) is 2. The van der Waals surface area contributed by atoms with Crippen molar-refractivity contribution >= 4 is 17.3 Å². The van der Waals surface area contributed by atoms with Gasteiger partial charge in [0.1, 0.15) is 0 Å². The quantitative estimate of drug-likeness (QED) is 0.885. The Kier molecular flexibility index (Phi) is 4.80. The van der Waals surface area contributed by atoms with Crippen molar-refractivity contribution in [3.05, 3.63) is 35.9 Å². The minimum Gasteiger partial charge on any atom is -0.350 e. The largest absolute Gasteiger partial charge is 0.350 e. The van der Waals surface area contributed by atoms with Crippen molar-refractivity contribution in [3.8, 4) is 0 Å². The zero-order valence-corrected chi connectivity index (χ0v) is 13.4. The summed E-state index contributed by atoms with van der Waals surface area (Å²) in [5, 5.41) is 5.64. The van der Waals surface area contributed by atoms with Crippen molar-refractivity contribution in [3.63, 3.8) is 0 Å². The van der Waals surface area contributed by atoms with Crippen LogP contribution in [-0.2, 0) is 0 Å². The van der Waals surface area contributed by atoms with Crippen LogP contribution in [0.5, 0.6) is 0 Å². The summed E-state index contributed by atoms with van der Waals surface area (Å²) in [4.78, 5) is 28.8. The summed E-state index contributed by atoms with van der Waals surface area (Å²) < 4.78 is 1.64. The second kappa shape index (κ2) is 6.60. The average molecular weight is 302 g/mol. The molecular weight excluding hydrogens is 280 g/mol. The van der Waals surface area contributed by atoms with Crippen LogP contribution in [0.3, 0.4) is 0 Å². The number of carbonyl (C=O) groups is 2. The molecule has 0 saturated heterocycles. The Morgan fingerprint density at radius 1 is 1.18 bits per heavy atom. The van der Waals surface area contributed by atoms with Crippen molar-refractivity contribution in [2.75, 3.05) is 6.54 Å². The highest BCUT2D eigenvalue weighted by atomic mass is 16.2. The van der Waals surface area contributed by atoms with Crippen molar-refractivity contribution in [1.29, 1.82) is 0 Å². The van der Waals surface area contributed by atoms with Crippen LogP contribution in [0.25, 0.3) is 5.52 Å². The van der Waals surface area contributed by atoms with Gasteiger partial charge in [-0.15, -0.1) is 0 Å². The van der Waals surface area contributed by atoms with Crippen LogP contribution in [0.2, 0.25) is 0 Å². The third-order valence-electron chi connectivity index (χ3n) is 3.06. The molecule has 2 amide bonds. The molecule has 6 heteroatoms. The van der Waals surface area contributed by atoms with Crippen molar-refractivity contribution in [1.82, 2.24) is 20.0 Å². The van der Waals surface area contributed by atoms with E-state index < -0.39 is 0 Å². The van der Waals surface area contributed by atoms with Gasteiger partial charge >= 0.3 is 0 Å². The second-order valence-electron chi connectivity index (χ2n) is 5.97. The molecule has 0 aromatic carbocycles. The molecule has 0 aliphatic carbocycles. The smallest absolute Gasteiger partial charge is 0.287 e. The van der Waals surface area contributed by atoms with E-state index in [9.17, 15) is 9.59 Å². The molecule has 0 fully saturated rings. The fraction of sp³-hybridized carbons (Fsp3) is 0.438. The van der Waals surface area contributed by atoms with E-state index in [0.29, 0.717) is 18.0 Å². The van der Waals surface area contributed by atoms with E-state index >= 15 is 0 Å². The number of aromatic nitrogens is 2. The van der Waals surface area contributed by atoms with Gasteiger partial charge in [0.2, 0.25) is 5.82 Å². The molecule has 0 aliphatic rings. The van der Waals surface area contributed by atoms with Crippen LogP contribution < -0.4 is 10.6 Å². The number of amides is 2. The van der Waals surface area contributed by atoms with E-state index in [1.807, 2.05) is 33.8 Å². The molecule has 2 N–H and O–H groups in total.